The monoisotopic (exact) mass is 215 g/mol. The number of rotatable bonds is 6. The van der Waals surface area contributed by atoms with E-state index in [2.05, 4.69) is 37.7 Å². The van der Waals surface area contributed by atoms with Crippen LogP contribution in [0.2, 0.25) is 0 Å². The Morgan fingerprint density at radius 2 is 1.60 bits per heavy atom. The molecule has 1 atom stereocenters. The predicted molar refractivity (Wildman–Crippen MR) is 62.6 cm³/mol. The first-order chi connectivity index (χ1) is 6.90. The van der Waals surface area contributed by atoms with E-state index in [1.807, 2.05) is 6.92 Å². The summed E-state index contributed by atoms with van der Waals surface area (Å²) in [5.41, 5.74) is 0. The van der Waals surface area contributed by atoms with E-state index in [9.17, 15) is 4.79 Å². The summed E-state index contributed by atoms with van der Waals surface area (Å²) >= 11 is 0. The number of carbonyl (C=O) groups excluding carboxylic acids is 1. The van der Waals surface area contributed by atoms with Crippen LogP contribution in [0.3, 0.4) is 0 Å². The zero-order valence-corrected chi connectivity index (χ0v) is 10.8. The Bertz CT molecular complexity index is 182. The van der Waals surface area contributed by atoms with Gasteiger partial charge in [0, 0.05) is 0 Å². The van der Waals surface area contributed by atoms with E-state index in [-0.39, 0.29) is 12.0 Å². The summed E-state index contributed by atoms with van der Waals surface area (Å²) in [4.78, 5) is 11.2. The number of methoxy groups -OCH3 is 1. The van der Waals surface area contributed by atoms with E-state index >= 15 is 0 Å². The quantitative estimate of drug-likeness (QED) is 0.689. The highest BCUT2D eigenvalue weighted by Gasteiger charge is 2.20. The Morgan fingerprint density at radius 3 is 1.93 bits per heavy atom. The summed E-state index contributed by atoms with van der Waals surface area (Å²) in [5.74, 6) is 1.66. The largest absolute Gasteiger partial charge is 0.468 e. The highest BCUT2D eigenvalue weighted by molar-refractivity contribution is 5.75. The number of carbonyl (C=O) groups is 1. The summed E-state index contributed by atoms with van der Waals surface area (Å²) < 4.78 is 4.66. The lowest BCUT2D eigenvalue weighted by Gasteiger charge is -2.26. The summed E-state index contributed by atoms with van der Waals surface area (Å²) in [6.07, 6.45) is 0. The normalized spacial score (nSPS) is 13.7. The molecule has 90 valence electrons. The standard InChI is InChI=1S/C12H25NO2/c1-8(2)11(9(3)4)7-13-10(5)12(14)15-6/h8-11,13H,7H2,1-6H3. The van der Waals surface area contributed by atoms with Crippen molar-refractivity contribution < 1.29 is 9.53 Å². The molecule has 1 N–H and O–H groups in total. The Hall–Kier alpha value is -0.570. The first-order valence-corrected chi connectivity index (χ1v) is 5.71. The molecule has 0 spiro atoms. The third-order valence-electron chi connectivity index (χ3n) is 2.93. The molecule has 15 heavy (non-hydrogen) atoms. The van der Waals surface area contributed by atoms with Gasteiger partial charge < -0.3 is 10.1 Å². The van der Waals surface area contributed by atoms with E-state index < -0.39 is 0 Å². The Kier molecular flexibility index (Phi) is 6.57. The maximum atomic E-state index is 11.2. The van der Waals surface area contributed by atoms with Gasteiger partial charge >= 0.3 is 5.97 Å². The van der Waals surface area contributed by atoms with Gasteiger partial charge in [0.2, 0.25) is 0 Å². The van der Waals surface area contributed by atoms with Crippen molar-refractivity contribution in [3.8, 4) is 0 Å². The summed E-state index contributed by atoms with van der Waals surface area (Å²) in [6.45, 7) is 11.6. The van der Waals surface area contributed by atoms with Crippen LogP contribution in [-0.4, -0.2) is 25.7 Å². The van der Waals surface area contributed by atoms with Crippen molar-refractivity contribution in [2.75, 3.05) is 13.7 Å². The van der Waals surface area contributed by atoms with E-state index in [1.54, 1.807) is 0 Å². The number of esters is 1. The van der Waals surface area contributed by atoms with Crippen molar-refractivity contribution in [2.45, 2.75) is 40.7 Å². The summed E-state index contributed by atoms with van der Waals surface area (Å²) in [5, 5.41) is 3.22. The van der Waals surface area contributed by atoms with E-state index in [4.69, 9.17) is 0 Å². The van der Waals surface area contributed by atoms with Gasteiger partial charge in [-0.15, -0.1) is 0 Å². The van der Waals surface area contributed by atoms with Gasteiger partial charge in [0.1, 0.15) is 6.04 Å². The van der Waals surface area contributed by atoms with Crippen molar-refractivity contribution in [3.63, 3.8) is 0 Å². The molecule has 1 unspecified atom stereocenters. The van der Waals surface area contributed by atoms with Gasteiger partial charge in [0.05, 0.1) is 7.11 Å². The van der Waals surface area contributed by atoms with Crippen LogP contribution in [0.4, 0.5) is 0 Å². The minimum absolute atomic E-state index is 0.193. The zero-order valence-electron chi connectivity index (χ0n) is 10.8. The molecule has 0 aromatic carbocycles. The molecule has 0 radical (unpaired) electrons. The minimum Gasteiger partial charge on any atom is -0.468 e. The average Bonchev–Trinajstić information content (AvgIpc) is 2.15. The van der Waals surface area contributed by atoms with Gasteiger partial charge in [-0.25, -0.2) is 0 Å². The second-order valence-electron chi connectivity index (χ2n) is 4.80. The molecule has 0 amide bonds. The highest BCUT2D eigenvalue weighted by atomic mass is 16.5. The molecule has 0 heterocycles. The fourth-order valence-electron chi connectivity index (χ4n) is 1.81. The Labute approximate surface area is 93.6 Å². The molecule has 0 saturated heterocycles. The molecule has 0 aliphatic carbocycles. The fraction of sp³-hybridized carbons (Fsp3) is 0.917. The van der Waals surface area contributed by atoms with Crippen LogP contribution in [0.1, 0.15) is 34.6 Å². The third-order valence-corrected chi connectivity index (χ3v) is 2.93. The maximum absolute atomic E-state index is 11.2. The van der Waals surface area contributed by atoms with Crippen molar-refractivity contribution in [2.24, 2.45) is 17.8 Å². The second kappa shape index (κ2) is 6.83. The lowest BCUT2D eigenvalue weighted by Crippen LogP contribution is -2.40. The van der Waals surface area contributed by atoms with E-state index in [0.717, 1.165) is 6.54 Å². The van der Waals surface area contributed by atoms with Crippen LogP contribution in [-0.2, 0) is 9.53 Å². The van der Waals surface area contributed by atoms with Gasteiger partial charge in [-0.1, -0.05) is 27.7 Å². The molecule has 0 fully saturated rings. The molecule has 0 aliphatic rings. The predicted octanol–water partition coefficient (Wildman–Crippen LogP) is 2.07. The maximum Gasteiger partial charge on any atom is 0.322 e. The Balaban J connectivity index is 4.05. The number of hydrogen-bond acceptors (Lipinski definition) is 3. The lowest BCUT2D eigenvalue weighted by atomic mass is 9.85. The van der Waals surface area contributed by atoms with Gasteiger partial charge in [-0.2, -0.15) is 0 Å². The number of ether oxygens (including phenoxy) is 1. The van der Waals surface area contributed by atoms with E-state index in [1.165, 1.54) is 7.11 Å². The van der Waals surface area contributed by atoms with Crippen LogP contribution in [0.5, 0.6) is 0 Å². The van der Waals surface area contributed by atoms with Crippen LogP contribution < -0.4 is 5.32 Å². The molecule has 3 nitrogen and oxygen atoms in total. The molecule has 0 rings (SSSR count). The molecular formula is C12H25NO2. The van der Waals surface area contributed by atoms with E-state index in [0.29, 0.717) is 17.8 Å². The second-order valence-corrected chi connectivity index (χ2v) is 4.80. The fourth-order valence-corrected chi connectivity index (χ4v) is 1.81. The van der Waals surface area contributed by atoms with Gasteiger partial charge in [-0.05, 0) is 31.2 Å². The first-order valence-electron chi connectivity index (χ1n) is 5.71. The molecule has 0 aromatic heterocycles. The van der Waals surface area contributed by atoms with Gasteiger partial charge in [0.15, 0.2) is 0 Å². The molecule has 0 bridgehead atoms. The number of nitrogens with one attached hydrogen (secondary N) is 1. The van der Waals surface area contributed by atoms with Crippen LogP contribution in [0.15, 0.2) is 0 Å². The SMILES string of the molecule is COC(=O)C(C)NCC(C(C)C)C(C)C. The van der Waals surface area contributed by atoms with Gasteiger partial charge in [-0.3, -0.25) is 4.79 Å². The molecule has 3 heteroatoms. The van der Waals surface area contributed by atoms with Crippen LogP contribution in [0.25, 0.3) is 0 Å². The summed E-state index contributed by atoms with van der Waals surface area (Å²) in [6, 6.07) is -0.213. The van der Waals surface area contributed by atoms with Crippen LogP contribution >= 0.6 is 0 Å². The molecule has 0 aliphatic heterocycles. The Morgan fingerprint density at radius 1 is 1.13 bits per heavy atom. The topological polar surface area (TPSA) is 38.3 Å². The smallest absolute Gasteiger partial charge is 0.322 e. The van der Waals surface area contributed by atoms with Crippen LogP contribution in [0, 0.1) is 17.8 Å². The van der Waals surface area contributed by atoms with Gasteiger partial charge in [0.25, 0.3) is 0 Å². The lowest BCUT2D eigenvalue weighted by molar-refractivity contribution is -0.142. The van der Waals surface area contributed by atoms with Crippen molar-refractivity contribution >= 4 is 5.97 Å². The average molecular weight is 215 g/mol. The van der Waals surface area contributed by atoms with Crippen molar-refractivity contribution in [1.29, 1.82) is 0 Å². The molecular weight excluding hydrogens is 190 g/mol. The van der Waals surface area contributed by atoms with Crippen molar-refractivity contribution in [1.82, 2.24) is 5.32 Å². The van der Waals surface area contributed by atoms with Crippen molar-refractivity contribution in [3.05, 3.63) is 0 Å². The molecule has 0 saturated carbocycles. The first kappa shape index (κ1) is 14.4. The molecule has 0 aromatic rings. The zero-order chi connectivity index (χ0) is 12.0. The summed E-state index contributed by atoms with van der Waals surface area (Å²) in [7, 11) is 1.42. The number of hydrogen-bond donors (Lipinski definition) is 1. The minimum atomic E-state index is -0.213. The highest BCUT2D eigenvalue weighted by Crippen LogP contribution is 2.19. The third kappa shape index (κ3) is 5.17.